The van der Waals surface area contributed by atoms with Crippen molar-refractivity contribution in [2.75, 3.05) is 5.32 Å². The van der Waals surface area contributed by atoms with E-state index in [9.17, 15) is 4.79 Å². The SMILES string of the molecule is O=C(Nc1cccc2cccnc12)c1nn(-c2ccccc2)c2c1CCC2. The highest BCUT2D eigenvalue weighted by molar-refractivity contribution is 6.08. The molecular formula is C22H18N4O. The van der Waals surface area contributed by atoms with Gasteiger partial charge < -0.3 is 5.32 Å². The minimum Gasteiger partial charge on any atom is -0.319 e. The maximum absolute atomic E-state index is 13.0. The largest absolute Gasteiger partial charge is 0.319 e. The van der Waals surface area contributed by atoms with Crippen molar-refractivity contribution in [1.29, 1.82) is 0 Å². The van der Waals surface area contributed by atoms with Gasteiger partial charge in [0.2, 0.25) is 0 Å². The van der Waals surface area contributed by atoms with E-state index in [1.54, 1.807) is 6.20 Å². The van der Waals surface area contributed by atoms with Gasteiger partial charge in [0.1, 0.15) is 0 Å². The molecule has 4 aromatic rings. The van der Waals surface area contributed by atoms with Crippen molar-refractivity contribution in [3.05, 3.63) is 83.8 Å². The second kappa shape index (κ2) is 6.36. The fraction of sp³-hybridized carbons (Fsp3) is 0.136. The molecule has 5 nitrogen and oxygen atoms in total. The fourth-order valence-electron chi connectivity index (χ4n) is 3.79. The first kappa shape index (κ1) is 15.8. The topological polar surface area (TPSA) is 59.8 Å². The van der Waals surface area contributed by atoms with Crippen LogP contribution in [-0.2, 0) is 12.8 Å². The Morgan fingerprint density at radius 1 is 0.963 bits per heavy atom. The van der Waals surface area contributed by atoms with E-state index < -0.39 is 0 Å². The van der Waals surface area contributed by atoms with Crippen molar-refractivity contribution in [2.45, 2.75) is 19.3 Å². The lowest BCUT2D eigenvalue weighted by molar-refractivity contribution is 0.102. The van der Waals surface area contributed by atoms with Gasteiger partial charge >= 0.3 is 0 Å². The van der Waals surface area contributed by atoms with Gasteiger partial charge in [-0.25, -0.2) is 4.68 Å². The van der Waals surface area contributed by atoms with Crippen LogP contribution in [0.5, 0.6) is 0 Å². The smallest absolute Gasteiger partial charge is 0.276 e. The normalized spacial score (nSPS) is 12.9. The number of carbonyl (C=O) groups excluding carboxylic acids is 1. The van der Waals surface area contributed by atoms with E-state index in [1.165, 1.54) is 0 Å². The van der Waals surface area contributed by atoms with Gasteiger partial charge in [-0.2, -0.15) is 5.10 Å². The molecule has 1 aliphatic rings. The van der Waals surface area contributed by atoms with Crippen LogP contribution in [-0.4, -0.2) is 20.7 Å². The number of rotatable bonds is 3. The Bertz CT molecular complexity index is 1140. The number of amides is 1. The molecule has 0 aliphatic heterocycles. The number of aromatic nitrogens is 3. The molecule has 27 heavy (non-hydrogen) atoms. The first-order valence-electron chi connectivity index (χ1n) is 9.12. The summed E-state index contributed by atoms with van der Waals surface area (Å²) in [5.41, 5.74) is 5.19. The molecule has 2 heterocycles. The van der Waals surface area contributed by atoms with E-state index in [1.807, 2.05) is 65.3 Å². The molecule has 0 fully saturated rings. The Kier molecular flexibility index (Phi) is 3.71. The van der Waals surface area contributed by atoms with Gasteiger partial charge in [-0.05, 0) is 43.5 Å². The maximum Gasteiger partial charge on any atom is 0.276 e. The van der Waals surface area contributed by atoms with Crippen molar-refractivity contribution in [1.82, 2.24) is 14.8 Å². The number of pyridine rings is 1. The van der Waals surface area contributed by atoms with Crippen molar-refractivity contribution in [3.63, 3.8) is 0 Å². The summed E-state index contributed by atoms with van der Waals surface area (Å²) >= 11 is 0. The number of fused-ring (bicyclic) bond motifs is 2. The van der Waals surface area contributed by atoms with Crippen LogP contribution in [0.2, 0.25) is 0 Å². The predicted octanol–water partition coefficient (Wildman–Crippen LogP) is 4.16. The third kappa shape index (κ3) is 2.68. The van der Waals surface area contributed by atoms with Crippen LogP contribution in [0.1, 0.15) is 28.2 Å². The Labute approximate surface area is 156 Å². The number of anilines is 1. The van der Waals surface area contributed by atoms with Gasteiger partial charge in [-0.1, -0.05) is 36.4 Å². The van der Waals surface area contributed by atoms with Crippen molar-refractivity contribution in [3.8, 4) is 5.69 Å². The van der Waals surface area contributed by atoms with E-state index in [2.05, 4.69) is 15.4 Å². The van der Waals surface area contributed by atoms with Gasteiger partial charge in [0.25, 0.3) is 5.91 Å². The Hall–Kier alpha value is -3.47. The highest BCUT2D eigenvalue weighted by Crippen LogP contribution is 2.29. The molecule has 2 aromatic carbocycles. The van der Waals surface area contributed by atoms with E-state index in [4.69, 9.17) is 0 Å². The van der Waals surface area contributed by atoms with Crippen LogP contribution >= 0.6 is 0 Å². The third-order valence-corrected chi connectivity index (χ3v) is 5.03. The van der Waals surface area contributed by atoms with E-state index >= 15 is 0 Å². The number of hydrogen-bond donors (Lipinski definition) is 1. The molecule has 2 aromatic heterocycles. The molecule has 5 heteroatoms. The summed E-state index contributed by atoms with van der Waals surface area (Å²) in [7, 11) is 0. The van der Waals surface area contributed by atoms with Gasteiger partial charge in [0, 0.05) is 22.8 Å². The van der Waals surface area contributed by atoms with Crippen LogP contribution in [0, 0.1) is 0 Å². The Balaban J connectivity index is 1.54. The molecule has 0 atom stereocenters. The molecule has 1 amide bonds. The van der Waals surface area contributed by atoms with Gasteiger partial charge in [-0.3, -0.25) is 9.78 Å². The molecule has 1 N–H and O–H groups in total. The predicted molar refractivity (Wildman–Crippen MR) is 105 cm³/mol. The van der Waals surface area contributed by atoms with E-state index in [-0.39, 0.29) is 5.91 Å². The zero-order valence-corrected chi connectivity index (χ0v) is 14.7. The van der Waals surface area contributed by atoms with Crippen LogP contribution in [0.4, 0.5) is 5.69 Å². The summed E-state index contributed by atoms with van der Waals surface area (Å²) in [5.74, 6) is -0.180. The lowest BCUT2D eigenvalue weighted by Gasteiger charge is -2.07. The molecule has 0 spiro atoms. The first-order chi connectivity index (χ1) is 13.3. The molecular weight excluding hydrogens is 336 g/mol. The standard InChI is InChI=1S/C22H18N4O/c27-22(24-18-12-4-7-15-8-6-14-23-20(15)18)21-17-11-5-13-19(17)26(25-21)16-9-2-1-3-10-16/h1-4,6-10,12,14H,5,11,13H2,(H,24,27). The van der Waals surface area contributed by atoms with Crippen molar-refractivity contribution >= 4 is 22.5 Å². The Morgan fingerprint density at radius 2 is 1.81 bits per heavy atom. The first-order valence-corrected chi connectivity index (χ1v) is 9.12. The summed E-state index contributed by atoms with van der Waals surface area (Å²) < 4.78 is 1.92. The number of nitrogens with one attached hydrogen (secondary N) is 1. The zero-order valence-electron chi connectivity index (χ0n) is 14.7. The number of nitrogens with zero attached hydrogens (tertiary/aromatic N) is 3. The highest BCUT2D eigenvalue weighted by atomic mass is 16.2. The zero-order chi connectivity index (χ0) is 18.2. The van der Waals surface area contributed by atoms with Crippen molar-refractivity contribution in [2.24, 2.45) is 0 Å². The van der Waals surface area contributed by atoms with E-state index in [0.29, 0.717) is 11.4 Å². The maximum atomic E-state index is 13.0. The van der Waals surface area contributed by atoms with Crippen molar-refractivity contribution < 1.29 is 4.79 Å². The lowest BCUT2D eigenvalue weighted by Crippen LogP contribution is -2.15. The number of carbonyl (C=O) groups is 1. The quantitative estimate of drug-likeness (QED) is 0.601. The fourth-order valence-corrected chi connectivity index (χ4v) is 3.79. The van der Waals surface area contributed by atoms with E-state index in [0.717, 1.165) is 47.1 Å². The minimum atomic E-state index is -0.180. The minimum absolute atomic E-state index is 0.180. The summed E-state index contributed by atoms with van der Waals surface area (Å²) in [6.07, 6.45) is 4.62. The summed E-state index contributed by atoms with van der Waals surface area (Å²) in [5, 5.41) is 8.68. The van der Waals surface area contributed by atoms with Crippen LogP contribution < -0.4 is 5.32 Å². The summed E-state index contributed by atoms with van der Waals surface area (Å²) in [4.78, 5) is 17.5. The second-order valence-electron chi connectivity index (χ2n) is 6.71. The van der Waals surface area contributed by atoms with Crippen LogP contribution in [0.25, 0.3) is 16.6 Å². The van der Waals surface area contributed by atoms with Gasteiger partial charge in [-0.15, -0.1) is 0 Å². The average molecular weight is 354 g/mol. The lowest BCUT2D eigenvalue weighted by atomic mass is 10.1. The molecule has 0 bridgehead atoms. The second-order valence-corrected chi connectivity index (χ2v) is 6.71. The molecule has 0 saturated heterocycles. The number of para-hydroxylation sites is 2. The van der Waals surface area contributed by atoms with Gasteiger partial charge in [0.15, 0.2) is 5.69 Å². The molecule has 0 unspecified atom stereocenters. The van der Waals surface area contributed by atoms with Crippen LogP contribution in [0.3, 0.4) is 0 Å². The molecule has 132 valence electrons. The summed E-state index contributed by atoms with van der Waals surface area (Å²) in [6, 6.07) is 19.6. The molecule has 0 radical (unpaired) electrons. The van der Waals surface area contributed by atoms with Gasteiger partial charge in [0.05, 0.1) is 16.9 Å². The molecule has 5 rings (SSSR count). The average Bonchev–Trinajstić information content (AvgIpc) is 3.31. The Morgan fingerprint density at radius 3 is 2.70 bits per heavy atom. The number of benzene rings is 2. The van der Waals surface area contributed by atoms with Crippen LogP contribution in [0.15, 0.2) is 66.9 Å². The monoisotopic (exact) mass is 354 g/mol. The molecule has 0 saturated carbocycles. The highest BCUT2D eigenvalue weighted by Gasteiger charge is 2.27. The number of hydrogen-bond acceptors (Lipinski definition) is 3. The molecule has 1 aliphatic carbocycles. The summed E-state index contributed by atoms with van der Waals surface area (Å²) in [6.45, 7) is 0. The third-order valence-electron chi connectivity index (χ3n) is 5.03.